The second kappa shape index (κ2) is 11.3. The molecule has 1 aliphatic rings. The highest BCUT2D eigenvalue weighted by atomic mass is 32.1. The lowest BCUT2D eigenvalue weighted by Crippen LogP contribution is -2.57. The zero-order valence-corrected chi connectivity index (χ0v) is 23.8. The van der Waals surface area contributed by atoms with Gasteiger partial charge in [0.25, 0.3) is 0 Å². The van der Waals surface area contributed by atoms with E-state index in [0.29, 0.717) is 13.1 Å². The van der Waals surface area contributed by atoms with Gasteiger partial charge in [-0.3, -0.25) is 9.59 Å². The van der Waals surface area contributed by atoms with Crippen LogP contribution in [-0.2, 0) is 16.1 Å². The number of H-pyrrole nitrogens is 1. The third kappa shape index (κ3) is 5.92. The largest absolute Gasteiger partial charge is 0.364 e. The number of hydrogen-bond acceptors (Lipinski definition) is 5. The Morgan fingerprint density at radius 2 is 1.92 bits per heavy atom. The van der Waals surface area contributed by atoms with Gasteiger partial charge in [0, 0.05) is 35.9 Å². The van der Waals surface area contributed by atoms with Crippen LogP contribution in [0.5, 0.6) is 0 Å². The van der Waals surface area contributed by atoms with Gasteiger partial charge in [0.1, 0.15) is 11.0 Å². The molecule has 0 aliphatic carbocycles. The van der Waals surface area contributed by atoms with Crippen LogP contribution in [0.2, 0.25) is 0 Å². The number of carbonyl (C=O) groups is 2. The molecule has 0 spiro atoms. The van der Waals surface area contributed by atoms with Gasteiger partial charge in [0.2, 0.25) is 11.8 Å². The fraction of sp³-hybridized carbons (Fsp3) is 0.387. The average molecular weight is 544 g/mol. The normalized spacial score (nSPS) is 17.3. The number of nitrogens with zero attached hydrogens (tertiary/aromatic N) is 2. The zero-order valence-electron chi connectivity index (χ0n) is 23.0. The van der Waals surface area contributed by atoms with Gasteiger partial charge in [-0.2, -0.15) is 0 Å². The Morgan fingerprint density at radius 1 is 1.13 bits per heavy atom. The summed E-state index contributed by atoms with van der Waals surface area (Å²) in [6, 6.07) is 17.3. The summed E-state index contributed by atoms with van der Waals surface area (Å²) in [6.45, 7) is 9.04. The smallest absolute Gasteiger partial charge is 0.246 e. The molecule has 204 valence electrons. The zero-order chi connectivity index (χ0) is 27.6. The fourth-order valence-electron chi connectivity index (χ4n) is 5.22. The van der Waals surface area contributed by atoms with Crippen molar-refractivity contribution in [3.63, 3.8) is 0 Å². The van der Waals surface area contributed by atoms with Crippen molar-refractivity contribution in [3.8, 4) is 11.3 Å². The average Bonchev–Trinajstić information content (AvgIpc) is 3.70. The number of aromatic nitrogens is 2. The standard InChI is InChI=1S/C31H37N5O2S/c1-20(33-18-22-12-8-16-32-22)28(37)35-27(31(2,3)4)30(38)36-17-9-15-26(36)29-34-25(19-39-29)24-14-7-11-21-10-5-6-13-23(21)24/h5-8,10-14,16,19-20,26-27,32-33H,9,15,17-18H2,1-4H3,(H,35,37)/t20-,26-,27+/m0/s1. The number of rotatable bonds is 8. The number of carbonyl (C=O) groups excluding carboxylic acids is 2. The molecule has 4 aromatic rings. The molecule has 1 aliphatic heterocycles. The molecule has 3 atom stereocenters. The molecule has 5 rings (SSSR count). The van der Waals surface area contributed by atoms with E-state index in [-0.39, 0.29) is 17.9 Å². The third-order valence-corrected chi connectivity index (χ3v) is 8.41. The summed E-state index contributed by atoms with van der Waals surface area (Å²) in [7, 11) is 0. The van der Waals surface area contributed by atoms with E-state index in [9.17, 15) is 9.59 Å². The minimum absolute atomic E-state index is 0.0446. The molecule has 0 saturated carbocycles. The first-order chi connectivity index (χ1) is 18.7. The highest BCUT2D eigenvalue weighted by Gasteiger charge is 2.41. The first kappa shape index (κ1) is 27.1. The molecule has 0 bridgehead atoms. The second-order valence-corrected chi connectivity index (χ2v) is 12.3. The van der Waals surface area contributed by atoms with Gasteiger partial charge in [0.15, 0.2) is 0 Å². The quantitative estimate of drug-likeness (QED) is 0.267. The first-order valence-electron chi connectivity index (χ1n) is 13.6. The Balaban J connectivity index is 1.32. The lowest BCUT2D eigenvalue weighted by Gasteiger charge is -2.36. The molecule has 3 N–H and O–H groups in total. The van der Waals surface area contributed by atoms with Crippen LogP contribution in [0.3, 0.4) is 0 Å². The highest BCUT2D eigenvalue weighted by Crippen LogP contribution is 2.38. The minimum Gasteiger partial charge on any atom is -0.364 e. The third-order valence-electron chi connectivity index (χ3n) is 7.46. The molecular formula is C31H37N5O2S. The maximum Gasteiger partial charge on any atom is 0.246 e. The van der Waals surface area contributed by atoms with Crippen LogP contribution in [0, 0.1) is 5.41 Å². The van der Waals surface area contributed by atoms with E-state index in [0.717, 1.165) is 34.8 Å². The summed E-state index contributed by atoms with van der Waals surface area (Å²) < 4.78 is 0. The van der Waals surface area contributed by atoms with Crippen molar-refractivity contribution >= 4 is 33.9 Å². The van der Waals surface area contributed by atoms with Gasteiger partial charge in [0.05, 0.1) is 17.8 Å². The van der Waals surface area contributed by atoms with Crippen molar-refractivity contribution in [2.75, 3.05) is 6.54 Å². The van der Waals surface area contributed by atoms with Gasteiger partial charge in [-0.15, -0.1) is 11.3 Å². The lowest BCUT2D eigenvalue weighted by molar-refractivity contribution is -0.140. The van der Waals surface area contributed by atoms with Crippen molar-refractivity contribution < 1.29 is 9.59 Å². The van der Waals surface area contributed by atoms with Crippen molar-refractivity contribution in [1.29, 1.82) is 0 Å². The molecule has 8 heteroatoms. The van der Waals surface area contributed by atoms with Crippen LogP contribution < -0.4 is 10.6 Å². The molecule has 2 aromatic heterocycles. The van der Waals surface area contributed by atoms with Crippen LogP contribution >= 0.6 is 11.3 Å². The highest BCUT2D eigenvalue weighted by molar-refractivity contribution is 7.10. The summed E-state index contributed by atoms with van der Waals surface area (Å²) >= 11 is 1.61. The van der Waals surface area contributed by atoms with E-state index < -0.39 is 17.5 Å². The Kier molecular flexibility index (Phi) is 7.86. The number of thiazole rings is 1. The number of amides is 2. The van der Waals surface area contributed by atoms with Gasteiger partial charge in [-0.1, -0.05) is 63.2 Å². The molecule has 0 unspecified atom stereocenters. The Bertz CT molecular complexity index is 1430. The van der Waals surface area contributed by atoms with E-state index in [4.69, 9.17) is 4.98 Å². The molecule has 7 nitrogen and oxygen atoms in total. The molecule has 1 fully saturated rings. The van der Waals surface area contributed by atoms with Crippen molar-refractivity contribution in [3.05, 3.63) is 76.9 Å². The predicted molar refractivity (Wildman–Crippen MR) is 157 cm³/mol. The van der Waals surface area contributed by atoms with Gasteiger partial charge in [-0.05, 0) is 48.1 Å². The van der Waals surface area contributed by atoms with Crippen LogP contribution in [0.4, 0.5) is 0 Å². The Labute approximate surface area is 234 Å². The van der Waals surface area contributed by atoms with Crippen molar-refractivity contribution in [2.45, 2.75) is 65.2 Å². The van der Waals surface area contributed by atoms with Crippen molar-refractivity contribution in [2.24, 2.45) is 5.41 Å². The Hall–Kier alpha value is -3.49. The van der Waals surface area contributed by atoms with Crippen LogP contribution in [0.15, 0.2) is 66.2 Å². The maximum atomic E-state index is 14.0. The molecule has 39 heavy (non-hydrogen) atoms. The fourth-order valence-corrected chi connectivity index (χ4v) is 6.18. The lowest BCUT2D eigenvalue weighted by atomic mass is 9.85. The van der Waals surface area contributed by atoms with Gasteiger partial charge >= 0.3 is 0 Å². The number of benzene rings is 2. The predicted octanol–water partition coefficient (Wildman–Crippen LogP) is 5.66. The van der Waals surface area contributed by atoms with Crippen LogP contribution in [0.25, 0.3) is 22.0 Å². The Morgan fingerprint density at radius 3 is 2.69 bits per heavy atom. The number of fused-ring (bicyclic) bond motifs is 1. The summed E-state index contributed by atoms with van der Waals surface area (Å²) in [4.78, 5) is 37.2. The molecule has 1 saturated heterocycles. The number of likely N-dealkylation sites (tertiary alicyclic amines) is 1. The summed E-state index contributed by atoms with van der Waals surface area (Å²) in [5, 5.41) is 11.7. The molecule has 2 aromatic carbocycles. The molecular weight excluding hydrogens is 506 g/mol. The van der Waals surface area contributed by atoms with Crippen LogP contribution in [-0.4, -0.2) is 45.3 Å². The minimum atomic E-state index is -0.641. The number of aromatic amines is 1. The topological polar surface area (TPSA) is 90.1 Å². The number of nitrogens with one attached hydrogen (secondary N) is 3. The molecule has 2 amide bonds. The SMILES string of the molecule is C[C@H](NCc1ccc[nH]1)C(=O)N[C@H](C(=O)N1CCC[C@H]1c1nc(-c2cccc3ccccc23)cs1)C(C)(C)C. The van der Waals surface area contributed by atoms with E-state index in [1.54, 1.807) is 11.3 Å². The van der Waals surface area contributed by atoms with Gasteiger partial charge < -0.3 is 20.5 Å². The van der Waals surface area contributed by atoms with E-state index in [1.807, 2.05) is 63.1 Å². The summed E-state index contributed by atoms with van der Waals surface area (Å²) in [5.41, 5.74) is 2.60. The van der Waals surface area contributed by atoms with E-state index in [2.05, 4.69) is 51.3 Å². The van der Waals surface area contributed by atoms with E-state index in [1.165, 1.54) is 10.8 Å². The summed E-state index contributed by atoms with van der Waals surface area (Å²) in [6.07, 6.45) is 3.64. The van der Waals surface area contributed by atoms with Crippen molar-refractivity contribution in [1.82, 2.24) is 25.5 Å². The first-order valence-corrected chi connectivity index (χ1v) is 14.5. The molecule has 0 radical (unpaired) electrons. The summed E-state index contributed by atoms with van der Waals surface area (Å²) in [5.74, 6) is -0.227. The van der Waals surface area contributed by atoms with Crippen LogP contribution in [0.1, 0.15) is 57.3 Å². The van der Waals surface area contributed by atoms with Gasteiger partial charge in [-0.25, -0.2) is 4.98 Å². The van der Waals surface area contributed by atoms with E-state index >= 15 is 0 Å². The monoisotopic (exact) mass is 543 g/mol. The maximum absolute atomic E-state index is 14.0. The molecule has 3 heterocycles. The second-order valence-electron chi connectivity index (χ2n) is 11.4. The number of hydrogen-bond donors (Lipinski definition) is 3.